The second-order valence-corrected chi connectivity index (χ2v) is 4.62. The maximum Gasteiger partial charge on any atom is 0.159 e. The molecular weight excluding hydrogens is 246 g/mol. The van der Waals surface area contributed by atoms with Crippen LogP contribution in [-0.4, -0.2) is 7.05 Å². The summed E-state index contributed by atoms with van der Waals surface area (Å²) in [5, 5.41) is 0. The van der Waals surface area contributed by atoms with E-state index in [4.69, 9.17) is 5.73 Å². The molecule has 0 aliphatic rings. The van der Waals surface area contributed by atoms with Crippen LogP contribution in [0.4, 0.5) is 20.2 Å². The Labute approximate surface area is 111 Å². The van der Waals surface area contributed by atoms with Crippen LogP contribution in [0.5, 0.6) is 0 Å². The molecule has 0 unspecified atom stereocenters. The Bertz CT molecular complexity index is 576. The van der Waals surface area contributed by atoms with Crippen LogP contribution in [0.25, 0.3) is 0 Å². The third-order valence-corrected chi connectivity index (χ3v) is 3.05. The van der Waals surface area contributed by atoms with Gasteiger partial charge in [0.15, 0.2) is 11.6 Å². The van der Waals surface area contributed by atoms with Gasteiger partial charge in [-0.2, -0.15) is 0 Å². The molecule has 0 spiro atoms. The van der Waals surface area contributed by atoms with Crippen LogP contribution in [-0.2, 0) is 6.54 Å². The normalized spacial score (nSPS) is 10.5. The lowest BCUT2D eigenvalue weighted by Crippen LogP contribution is -2.19. The predicted octanol–water partition coefficient (Wildman–Crippen LogP) is 3.49. The monoisotopic (exact) mass is 262 g/mol. The minimum absolute atomic E-state index is 0.465. The molecule has 2 aromatic rings. The highest BCUT2D eigenvalue weighted by Gasteiger charge is 2.10. The lowest BCUT2D eigenvalue weighted by molar-refractivity contribution is 0.507. The maximum absolute atomic E-state index is 13.2. The Morgan fingerprint density at radius 2 is 1.84 bits per heavy atom. The molecule has 0 heterocycles. The lowest BCUT2D eigenvalue weighted by Gasteiger charge is -2.23. The average molecular weight is 262 g/mol. The number of rotatable bonds is 3. The molecule has 2 N–H and O–H groups in total. The number of nitrogens with two attached hydrogens (primary N) is 1. The summed E-state index contributed by atoms with van der Waals surface area (Å²) in [5.41, 5.74) is 9.28. The van der Waals surface area contributed by atoms with E-state index in [0.29, 0.717) is 17.8 Å². The van der Waals surface area contributed by atoms with Crippen molar-refractivity contribution in [2.24, 2.45) is 0 Å². The molecule has 0 bridgehead atoms. The van der Waals surface area contributed by atoms with Crippen molar-refractivity contribution in [3.63, 3.8) is 0 Å². The molecule has 0 amide bonds. The van der Waals surface area contributed by atoms with E-state index in [1.807, 2.05) is 37.1 Å². The van der Waals surface area contributed by atoms with Crippen LogP contribution in [0.2, 0.25) is 0 Å². The molecule has 0 radical (unpaired) electrons. The minimum Gasteiger partial charge on any atom is -0.397 e. The van der Waals surface area contributed by atoms with Crippen molar-refractivity contribution in [2.45, 2.75) is 13.5 Å². The van der Waals surface area contributed by atoms with E-state index in [2.05, 4.69) is 0 Å². The van der Waals surface area contributed by atoms with E-state index in [1.54, 1.807) is 6.07 Å². The topological polar surface area (TPSA) is 29.3 Å². The van der Waals surface area contributed by atoms with Gasteiger partial charge in [0.1, 0.15) is 0 Å². The van der Waals surface area contributed by atoms with Gasteiger partial charge < -0.3 is 10.6 Å². The first kappa shape index (κ1) is 13.3. The van der Waals surface area contributed by atoms with E-state index >= 15 is 0 Å². The zero-order valence-corrected chi connectivity index (χ0v) is 11.0. The molecule has 0 saturated carbocycles. The Balaban J connectivity index is 2.25. The van der Waals surface area contributed by atoms with Gasteiger partial charge >= 0.3 is 0 Å². The van der Waals surface area contributed by atoms with Gasteiger partial charge in [-0.05, 0) is 36.2 Å². The molecule has 0 atom stereocenters. The molecular formula is C15H16F2N2. The SMILES string of the molecule is Cc1cccc(N)c1N(C)Cc1ccc(F)c(F)c1. The average Bonchev–Trinajstić information content (AvgIpc) is 2.33. The van der Waals surface area contributed by atoms with Crippen LogP contribution in [0.15, 0.2) is 36.4 Å². The van der Waals surface area contributed by atoms with E-state index in [0.717, 1.165) is 17.3 Å². The number of halogens is 2. The molecule has 0 aromatic heterocycles. The summed E-state index contributed by atoms with van der Waals surface area (Å²) in [6.07, 6.45) is 0. The number of aryl methyl sites for hydroxylation is 1. The highest BCUT2D eigenvalue weighted by molar-refractivity contribution is 5.71. The number of benzene rings is 2. The molecule has 0 saturated heterocycles. The molecule has 0 aliphatic carbocycles. The third kappa shape index (κ3) is 2.84. The fourth-order valence-electron chi connectivity index (χ4n) is 2.19. The molecule has 2 aromatic carbocycles. The van der Waals surface area contributed by atoms with E-state index in [1.165, 1.54) is 6.07 Å². The summed E-state index contributed by atoms with van der Waals surface area (Å²) < 4.78 is 26.1. The summed E-state index contributed by atoms with van der Waals surface area (Å²) >= 11 is 0. The third-order valence-electron chi connectivity index (χ3n) is 3.05. The molecule has 0 aliphatic heterocycles. The second-order valence-electron chi connectivity index (χ2n) is 4.62. The van der Waals surface area contributed by atoms with Crippen LogP contribution >= 0.6 is 0 Å². The summed E-state index contributed by atoms with van der Waals surface area (Å²) in [6, 6.07) is 9.60. The summed E-state index contributed by atoms with van der Waals surface area (Å²) in [6.45, 7) is 2.43. The maximum atomic E-state index is 13.2. The van der Waals surface area contributed by atoms with Crippen LogP contribution in [0.3, 0.4) is 0 Å². The number of anilines is 2. The summed E-state index contributed by atoms with van der Waals surface area (Å²) in [5.74, 6) is -1.66. The van der Waals surface area contributed by atoms with Crippen molar-refractivity contribution in [3.8, 4) is 0 Å². The quantitative estimate of drug-likeness (QED) is 0.858. The lowest BCUT2D eigenvalue weighted by atomic mass is 10.1. The number of nitrogen functional groups attached to an aromatic ring is 1. The van der Waals surface area contributed by atoms with Gasteiger partial charge in [0.2, 0.25) is 0 Å². The fraction of sp³-hybridized carbons (Fsp3) is 0.200. The highest BCUT2D eigenvalue weighted by atomic mass is 19.2. The number of nitrogens with zero attached hydrogens (tertiary/aromatic N) is 1. The molecule has 4 heteroatoms. The number of hydrogen-bond acceptors (Lipinski definition) is 2. The number of para-hydroxylation sites is 1. The van der Waals surface area contributed by atoms with Crippen molar-refractivity contribution >= 4 is 11.4 Å². The fourth-order valence-corrected chi connectivity index (χ4v) is 2.19. The van der Waals surface area contributed by atoms with Crippen LogP contribution in [0.1, 0.15) is 11.1 Å². The van der Waals surface area contributed by atoms with Crippen LogP contribution < -0.4 is 10.6 Å². The zero-order chi connectivity index (χ0) is 14.0. The standard InChI is InChI=1S/C15H16F2N2/c1-10-4-3-5-14(18)15(10)19(2)9-11-6-7-12(16)13(17)8-11/h3-8H,9,18H2,1-2H3. The van der Waals surface area contributed by atoms with Crippen molar-refractivity contribution in [1.82, 2.24) is 0 Å². The Morgan fingerprint density at radius 3 is 2.47 bits per heavy atom. The van der Waals surface area contributed by atoms with Gasteiger partial charge in [-0.15, -0.1) is 0 Å². The first-order chi connectivity index (χ1) is 8.99. The van der Waals surface area contributed by atoms with Crippen molar-refractivity contribution in [3.05, 3.63) is 59.2 Å². The smallest absolute Gasteiger partial charge is 0.159 e. The highest BCUT2D eigenvalue weighted by Crippen LogP contribution is 2.27. The Kier molecular flexibility index (Phi) is 3.69. The van der Waals surface area contributed by atoms with Crippen LogP contribution in [0, 0.1) is 18.6 Å². The Hall–Kier alpha value is -2.10. The molecule has 2 nitrogen and oxygen atoms in total. The largest absolute Gasteiger partial charge is 0.397 e. The van der Waals surface area contributed by atoms with E-state index < -0.39 is 11.6 Å². The van der Waals surface area contributed by atoms with Gasteiger partial charge in [0.05, 0.1) is 11.4 Å². The first-order valence-corrected chi connectivity index (χ1v) is 5.99. The van der Waals surface area contributed by atoms with Crippen molar-refractivity contribution in [2.75, 3.05) is 17.7 Å². The Morgan fingerprint density at radius 1 is 1.11 bits per heavy atom. The summed E-state index contributed by atoms with van der Waals surface area (Å²) in [4.78, 5) is 1.93. The first-order valence-electron chi connectivity index (χ1n) is 5.99. The van der Waals surface area contributed by atoms with Gasteiger partial charge in [-0.25, -0.2) is 8.78 Å². The molecule has 100 valence electrons. The zero-order valence-electron chi connectivity index (χ0n) is 11.0. The van der Waals surface area contributed by atoms with Gasteiger partial charge in [-0.1, -0.05) is 18.2 Å². The van der Waals surface area contributed by atoms with Crippen molar-refractivity contribution in [1.29, 1.82) is 0 Å². The number of hydrogen-bond donors (Lipinski definition) is 1. The molecule has 0 fully saturated rings. The predicted molar refractivity (Wildman–Crippen MR) is 74.1 cm³/mol. The summed E-state index contributed by atoms with van der Waals surface area (Å²) in [7, 11) is 1.87. The van der Waals surface area contributed by atoms with Crippen molar-refractivity contribution < 1.29 is 8.78 Å². The van der Waals surface area contributed by atoms with E-state index in [-0.39, 0.29) is 0 Å². The van der Waals surface area contributed by atoms with Gasteiger partial charge in [-0.3, -0.25) is 0 Å². The second kappa shape index (κ2) is 5.26. The molecule has 2 rings (SSSR count). The van der Waals surface area contributed by atoms with Gasteiger partial charge in [0, 0.05) is 13.6 Å². The van der Waals surface area contributed by atoms with Gasteiger partial charge in [0.25, 0.3) is 0 Å². The minimum atomic E-state index is -0.832. The molecule has 19 heavy (non-hydrogen) atoms. The van der Waals surface area contributed by atoms with E-state index in [9.17, 15) is 8.78 Å².